The van der Waals surface area contributed by atoms with Crippen molar-refractivity contribution >= 4 is 15.8 Å². The number of piperidine rings is 1. The summed E-state index contributed by atoms with van der Waals surface area (Å²) in [4.78, 5) is 10.7. The van der Waals surface area contributed by atoms with Crippen LogP contribution in [0.25, 0.3) is 0 Å². The molecule has 0 saturated carbocycles. The fourth-order valence-electron chi connectivity index (χ4n) is 2.48. The molecular formula is C14H19NO4S. The number of benzene rings is 1. The van der Waals surface area contributed by atoms with Crippen LogP contribution in [0, 0.1) is 5.92 Å². The fraction of sp³-hybridized carbons (Fsp3) is 0.500. The molecule has 6 heteroatoms. The first kappa shape index (κ1) is 15.0. The zero-order valence-electron chi connectivity index (χ0n) is 11.2. The first-order valence-electron chi connectivity index (χ1n) is 6.70. The number of carboxylic acid groups (broad SMARTS) is 1. The molecule has 1 aromatic carbocycles. The number of sulfone groups is 1. The van der Waals surface area contributed by atoms with E-state index < -0.39 is 15.8 Å². The van der Waals surface area contributed by atoms with Crippen LogP contribution in [0.3, 0.4) is 0 Å². The molecule has 5 nitrogen and oxygen atoms in total. The van der Waals surface area contributed by atoms with Crippen molar-refractivity contribution in [2.75, 3.05) is 18.8 Å². The summed E-state index contributed by atoms with van der Waals surface area (Å²) in [6.45, 7) is 1.73. The Morgan fingerprint density at radius 1 is 1.30 bits per heavy atom. The molecule has 0 bridgehead atoms. The zero-order valence-corrected chi connectivity index (χ0v) is 12.0. The van der Waals surface area contributed by atoms with Gasteiger partial charge in [0.05, 0.1) is 17.1 Å². The Morgan fingerprint density at radius 3 is 2.55 bits per heavy atom. The lowest BCUT2D eigenvalue weighted by Crippen LogP contribution is -2.34. The summed E-state index contributed by atoms with van der Waals surface area (Å²) < 4.78 is 24.3. The number of rotatable bonds is 5. The normalized spacial score (nSPS) is 19.7. The van der Waals surface area contributed by atoms with Crippen molar-refractivity contribution in [3.8, 4) is 0 Å². The van der Waals surface area contributed by atoms with Gasteiger partial charge in [-0.1, -0.05) is 12.1 Å². The van der Waals surface area contributed by atoms with Crippen LogP contribution in [0.15, 0.2) is 24.3 Å². The molecular weight excluding hydrogens is 278 g/mol. The van der Waals surface area contributed by atoms with E-state index in [0.717, 1.165) is 25.9 Å². The van der Waals surface area contributed by atoms with Crippen LogP contribution in [0.2, 0.25) is 0 Å². The van der Waals surface area contributed by atoms with Crippen LogP contribution in [0.4, 0.5) is 0 Å². The molecule has 1 aromatic rings. The van der Waals surface area contributed by atoms with Crippen molar-refractivity contribution in [3.63, 3.8) is 0 Å². The minimum absolute atomic E-state index is 0.0244. The number of nitrogens with one attached hydrogen (secondary N) is 1. The minimum atomic E-state index is -3.15. The first-order chi connectivity index (χ1) is 9.46. The maximum atomic E-state index is 12.1. The van der Waals surface area contributed by atoms with Gasteiger partial charge in [0, 0.05) is 0 Å². The van der Waals surface area contributed by atoms with Gasteiger partial charge in [-0.05, 0) is 49.5 Å². The summed E-state index contributed by atoms with van der Waals surface area (Å²) in [7, 11) is -3.15. The summed E-state index contributed by atoms with van der Waals surface area (Å²) in [5.41, 5.74) is 0.807. The molecule has 0 amide bonds. The topological polar surface area (TPSA) is 83.5 Å². The molecule has 110 valence electrons. The quantitative estimate of drug-likeness (QED) is 0.856. The Balaban J connectivity index is 1.98. The zero-order chi connectivity index (χ0) is 14.6. The van der Waals surface area contributed by atoms with Crippen molar-refractivity contribution in [2.45, 2.75) is 18.6 Å². The molecule has 0 spiro atoms. The van der Waals surface area contributed by atoms with Gasteiger partial charge in [-0.3, -0.25) is 0 Å². The summed E-state index contributed by atoms with van der Waals surface area (Å²) in [5, 5.41) is 12.0. The van der Waals surface area contributed by atoms with Crippen molar-refractivity contribution in [1.29, 1.82) is 0 Å². The first-order valence-corrected chi connectivity index (χ1v) is 8.52. The van der Waals surface area contributed by atoms with Gasteiger partial charge in [-0.25, -0.2) is 13.2 Å². The summed E-state index contributed by atoms with van der Waals surface area (Å²) in [5.74, 6) is -0.649. The molecule has 1 atom stereocenters. The molecule has 1 saturated heterocycles. The molecule has 1 aliphatic heterocycles. The molecule has 20 heavy (non-hydrogen) atoms. The average Bonchev–Trinajstić information content (AvgIpc) is 2.39. The Labute approximate surface area is 118 Å². The van der Waals surface area contributed by atoms with Gasteiger partial charge < -0.3 is 10.4 Å². The van der Waals surface area contributed by atoms with Crippen LogP contribution in [0.5, 0.6) is 0 Å². The van der Waals surface area contributed by atoms with Gasteiger partial charge in [0.25, 0.3) is 0 Å². The number of carbonyl (C=O) groups is 1. The highest BCUT2D eigenvalue weighted by molar-refractivity contribution is 7.90. The van der Waals surface area contributed by atoms with Crippen LogP contribution in [-0.4, -0.2) is 38.3 Å². The Bertz CT molecular complexity index is 559. The van der Waals surface area contributed by atoms with Gasteiger partial charge in [-0.15, -0.1) is 0 Å². The van der Waals surface area contributed by atoms with Gasteiger partial charge in [-0.2, -0.15) is 0 Å². The molecule has 0 radical (unpaired) electrons. The molecule has 0 aliphatic carbocycles. The van der Waals surface area contributed by atoms with E-state index in [1.807, 2.05) is 0 Å². The number of hydrogen-bond donors (Lipinski definition) is 2. The Morgan fingerprint density at radius 2 is 2.00 bits per heavy atom. The predicted octanol–water partition coefficient (Wildman–Crippen LogP) is 1.30. The molecule has 0 aromatic heterocycles. The second-order valence-corrected chi connectivity index (χ2v) is 7.38. The van der Waals surface area contributed by atoms with Crippen LogP contribution >= 0.6 is 0 Å². The van der Waals surface area contributed by atoms with Gasteiger partial charge >= 0.3 is 5.97 Å². The van der Waals surface area contributed by atoms with E-state index in [2.05, 4.69) is 5.32 Å². The lowest BCUT2D eigenvalue weighted by Gasteiger charge is -2.22. The lowest BCUT2D eigenvalue weighted by atomic mass is 10.0. The Kier molecular flexibility index (Phi) is 4.77. The molecule has 1 unspecified atom stereocenters. The smallest absolute Gasteiger partial charge is 0.335 e. The van der Waals surface area contributed by atoms with Crippen LogP contribution in [-0.2, 0) is 15.6 Å². The van der Waals surface area contributed by atoms with E-state index in [9.17, 15) is 13.2 Å². The van der Waals surface area contributed by atoms with Gasteiger partial charge in [0.1, 0.15) is 0 Å². The van der Waals surface area contributed by atoms with Gasteiger partial charge in [0.2, 0.25) is 0 Å². The lowest BCUT2D eigenvalue weighted by molar-refractivity contribution is 0.0697. The fourth-order valence-corrected chi connectivity index (χ4v) is 4.30. The van der Waals surface area contributed by atoms with Crippen molar-refractivity contribution in [2.24, 2.45) is 5.92 Å². The van der Waals surface area contributed by atoms with E-state index >= 15 is 0 Å². The molecule has 2 rings (SSSR count). The van der Waals surface area contributed by atoms with Crippen LogP contribution < -0.4 is 5.32 Å². The van der Waals surface area contributed by atoms with Crippen molar-refractivity contribution < 1.29 is 18.3 Å². The summed E-state index contributed by atoms with van der Waals surface area (Å²) in [6.07, 6.45) is 1.97. The molecule has 2 N–H and O–H groups in total. The highest BCUT2D eigenvalue weighted by Crippen LogP contribution is 2.16. The highest BCUT2D eigenvalue weighted by Gasteiger charge is 2.21. The van der Waals surface area contributed by atoms with Gasteiger partial charge in [0.15, 0.2) is 9.84 Å². The largest absolute Gasteiger partial charge is 0.478 e. The third-order valence-electron chi connectivity index (χ3n) is 3.48. The minimum Gasteiger partial charge on any atom is -0.478 e. The van der Waals surface area contributed by atoms with Crippen LogP contribution in [0.1, 0.15) is 28.8 Å². The second kappa shape index (κ2) is 6.37. The summed E-state index contributed by atoms with van der Waals surface area (Å²) in [6, 6.07) is 6.02. The molecule has 1 fully saturated rings. The van der Waals surface area contributed by atoms with E-state index in [-0.39, 0.29) is 23.0 Å². The maximum Gasteiger partial charge on any atom is 0.335 e. The Hall–Kier alpha value is -1.40. The van der Waals surface area contributed by atoms with Crippen molar-refractivity contribution in [1.82, 2.24) is 5.32 Å². The predicted molar refractivity (Wildman–Crippen MR) is 76.5 cm³/mol. The van der Waals surface area contributed by atoms with E-state index in [0.29, 0.717) is 5.56 Å². The van der Waals surface area contributed by atoms with E-state index in [1.54, 1.807) is 12.1 Å². The summed E-state index contributed by atoms with van der Waals surface area (Å²) >= 11 is 0. The maximum absolute atomic E-state index is 12.1. The SMILES string of the molecule is O=C(O)c1ccc(CS(=O)(=O)CC2CCCNC2)cc1. The highest BCUT2D eigenvalue weighted by atomic mass is 32.2. The monoisotopic (exact) mass is 297 g/mol. The standard InChI is InChI=1S/C14H19NO4S/c16-14(17)13-5-3-11(4-6-13)9-20(18,19)10-12-2-1-7-15-8-12/h3-6,12,15H,1-2,7-10H2,(H,16,17). The van der Waals surface area contributed by atoms with E-state index in [1.165, 1.54) is 12.1 Å². The second-order valence-electron chi connectivity index (χ2n) is 5.27. The molecule has 1 aliphatic rings. The number of hydrogen-bond acceptors (Lipinski definition) is 4. The number of carboxylic acids is 1. The third kappa shape index (κ3) is 4.31. The molecule has 1 heterocycles. The van der Waals surface area contributed by atoms with E-state index in [4.69, 9.17) is 5.11 Å². The number of aromatic carboxylic acids is 1. The van der Waals surface area contributed by atoms with Crippen molar-refractivity contribution in [3.05, 3.63) is 35.4 Å². The average molecular weight is 297 g/mol. The third-order valence-corrected chi connectivity index (χ3v) is 5.23.